The fraction of sp³-hybridized carbons (Fsp3) is 0.318. The predicted molar refractivity (Wildman–Crippen MR) is 105 cm³/mol. The molecule has 1 aliphatic rings. The quantitative estimate of drug-likeness (QED) is 0.696. The van der Waals surface area contributed by atoms with Gasteiger partial charge in [-0.1, -0.05) is 48.5 Å². The first-order valence-electron chi connectivity index (χ1n) is 9.30. The first-order chi connectivity index (χ1) is 13.3. The van der Waals surface area contributed by atoms with E-state index < -0.39 is 0 Å². The minimum atomic E-state index is -0.0780. The number of para-hydroxylation sites is 1. The highest BCUT2D eigenvalue weighted by Crippen LogP contribution is 2.26. The van der Waals surface area contributed by atoms with E-state index in [-0.39, 0.29) is 12.0 Å². The molecule has 1 aromatic heterocycles. The van der Waals surface area contributed by atoms with Gasteiger partial charge < -0.3 is 18.9 Å². The fourth-order valence-electron chi connectivity index (χ4n) is 3.67. The summed E-state index contributed by atoms with van der Waals surface area (Å²) in [4.78, 5) is 15.2. The number of methoxy groups -OCH3 is 1. The summed E-state index contributed by atoms with van der Waals surface area (Å²) in [5.41, 5.74) is 2.92. The predicted octanol–water partition coefficient (Wildman–Crippen LogP) is 3.50. The van der Waals surface area contributed by atoms with Gasteiger partial charge in [-0.25, -0.2) is 0 Å². The Morgan fingerprint density at radius 3 is 2.74 bits per heavy atom. The van der Waals surface area contributed by atoms with E-state index >= 15 is 0 Å². The van der Waals surface area contributed by atoms with Gasteiger partial charge in [-0.15, -0.1) is 0 Å². The second-order valence-corrected chi connectivity index (χ2v) is 6.77. The highest BCUT2D eigenvalue weighted by molar-refractivity contribution is 6.07. The maximum Gasteiger partial charge on any atom is 0.256 e. The van der Waals surface area contributed by atoms with Gasteiger partial charge in [0.2, 0.25) is 0 Å². The molecule has 0 radical (unpaired) electrons. The number of hydrogen-bond donors (Lipinski definition) is 0. The fourth-order valence-corrected chi connectivity index (χ4v) is 3.67. The third kappa shape index (κ3) is 3.61. The van der Waals surface area contributed by atoms with Gasteiger partial charge in [0.25, 0.3) is 5.91 Å². The lowest BCUT2D eigenvalue weighted by atomic mass is 10.1. The van der Waals surface area contributed by atoms with Crippen molar-refractivity contribution in [2.24, 2.45) is 0 Å². The molecule has 5 nitrogen and oxygen atoms in total. The molecule has 0 N–H and O–H groups in total. The Balaban J connectivity index is 1.60. The first kappa shape index (κ1) is 17.8. The number of carbonyl (C=O) groups is 1. The topological polar surface area (TPSA) is 43.7 Å². The molecule has 2 heterocycles. The molecule has 4 rings (SSSR count). The molecule has 1 aliphatic heterocycles. The molecule has 1 atom stereocenters. The second-order valence-electron chi connectivity index (χ2n) is 6.77. The molecule has 1 amide bonds. The van der Waals surface area contributed by atoms with E-state index in [0.717, 1.165) is 28.6 Å². The van der Waals surface area contributed by atoms with Crippen molar-refractivity contribution in [1.29, 1.82) is 0 Å². The van der Waals surface area contributed by atoms with Crippen LogP contribution in [0.4, 0.5) is 0 Å². The summed E-state index contributed by atoms with van der Waals surface area (Å²) in [6, 6.07) is 18.1. The van der Waals surface area contributed by atoms with Crippen LogP contribution in [0, 0.1) is 0 Å². The van der Waals surface area contributed by atoms with E-state index in [2.05, 4.69) is 16.7 Å². The van der Waals surface area contributed by atoms with Crippen LogP contribution in [0.2, 0.25) is 0 Å². The van der Waals surface area contributed by atoms with Gasteiger partial charge in [-0.3, -0.25) is 4.79 Å². The van der Waals surface area contributed by atoms with Crippen LogP contribution in [0.25, 0.3) is 10.9 Å². The third-order valence-corrected chi connectivity index (χ3v) is 5.08. The summed E-state index contributed by atoms with van der Waals surface area (Å²) in [5.74, 6) is 0.0617. The van der Waals surface area contributed by atoms with E-state index in [1.807, 2.05) is 53.6 Å². The molecule has 5 heteroatoms. The summed E-state index contributed by atoms with van der Waals surface area (Å²) < 4.78 is 13.2. The van der Waals surface area contributed by atoms with E-state index in [1.165, 1.54) is 0 Å². The molecule has 0 aliphatic carbocycles. The van der Waals surface area contributed by atoms with Crippen LogP contribution in [-0.4, -0.2) is 48.8 Å². The molecule has 0 unspecified atom stereocenters. The Kier molecular flexibility index (Phi) is 5.23. The highest BCUT2D eigenvalue weighted by atomic mass is 16.5. The van der Waals surface area contributed by atoms with E-state index in [4.69, 9.17) is 9.47 Å². The van der Waals surface area contributed by atoms with Gasteiger partial charge >= 0.3 is 0 Å². The largest absolute Gasteiger partial charge is 0.383 e. The van der Waals surface area contributed by atoms with Crippen molar-refractivity contribution in [3.8, 4) is 0 Å². The lowest BCUT2D eigenvalue weighted by molar-refractivity contribution is -0.0227. The molecule has 0 saturated carbocycles. The number of hydrogen-bond acceptors (Lipinski definition) is 3. The molecule has 3 aromatic rings. The van der Waals surface area contributed by atoms with Crippen molar-refractivity contribution in [2.45, 2.75) is 12.6 Å². The Bertz CT molecular complexity index is 920. The average molecular weight is 364 g/mol. The zero-order valence-corrected chi connectivity index (χ0v) is 15.5. The summed E-state index contributed by atoms with van der Waals surface area (Å²) in [5, 5.41) is 0.987. The number of benzene rings is 2. The monoisotopic (exact) mass is 364 g/mol. The van der Waals surface area contributed by atoms with Crippen molar-refractivity contribution in [2.75, 3.05) is 33.4 Å². The van der Waals surface area contributed by atoms with Crippen LogP contribution in [0.15, 0.2) is 60.8 Å². The zero-order chi connectivity index (χ0) is 18.6. The normalized spacial score (nSPS) is 17.4. The lowest BCUT2D eigenvalue weighted by Crippen LogP contribution is -2.42. The van der Waals surface area contributed by atoms with E-state index in [1.54, 1.807) is 7.11 Å². The number of ether oxygens (including phenoxy) is 2. The van der Waals surface area contributed by atoms with Crippen molar-refractivity contribution in [3.05, 3.63) is 71.9 Å². The second kappa shape index (κ2) is 7.94. The number of carbonyl (C=O) groups excluding carboxylic acids is 1. The molecule has 2 aromatic carbocycles. The SMILES string of the molecule is COCCn1cc(C(=O)N2CCO[C@@H](c3ccccc3)C2)c2ccccc21. The van der Waals surface area contributed by atoms with Crippen LogP contribution >= 0.6 is 0 Å². The maximum absolute atomic E-state index is 13.3. The van der Waals surface area contributed by atoms with E-state index in [9.17, 15) is 4.79 Å². The molecular weight excluding hydrogens is 340 g/mol. The number of amides is 1. The molecule has 0 bridgehead atoms. The lowest BCUT2D eigenvalue weighted by Gasteiger charge is -2.33. The maximum atomic E-state index is 13.3. The van der Waals surface area contributed by atoms with Gasteiger partial charge in [0.15, 0.2) is 0 Å². The summed E-state index contributed by atoms with van der Waals surface area (Å²) >= 11 is 0. The van der Waals surface area contributed by atoms with Crippen molar-refractivity contribution in [1.82, 2.24) is 9.47 Å². The van der Waals surface area contributed by atoms with Crippen molar-refractivity contribution >= 4 is 16.8 Å². The van der Waals surface area contributed by atoms with Crippen LogP contribution < -0.4 is 0 Å². The minimum Gasteiger partial charge on any atom is -0.383 e. The molecule has 27 heavy (non-hydrogen) atoms. The summed E-state index contributed by atoms with van der Waals surface area (Å²) in [6.45, 7) is 3.06. The number of nitrogens with zero attached hydrogens (tertiary/aromatic N) is 2. The number of aromatic nitrogens is 1. The smallest absolute Gasteiger partial charge is 0.256 e. The standard InChI is InChI=1S/C22H24N2O3/c1-26-13-11-23-15-19(18-9-5-6-10-20(18)23)22(25)24-12-14-27-21(16-24)17-7-3-2-4-8-17/h2-10,15,21H,11-14,16H2,1H3/t21-/m1/s1. The number of fused-ring (bicyclic) bond motifs is 1. The van der Waals surface area contributed by atoms with Crippen LogP contribution in [0.3, 0.4) is 0 Å². The van der Waals surface area contributed by atoms with Crippen LogP contribution in [-0.2, 0) is 16.0 Å². The minimum absolute atomic E-state index is 0.0617. The van der Waals surface area contributed by atoms with Gasteiger partial charge in [0, 0.05) is 37.3 Å². The van der Waals surface area contributed by atoms with Gasteiger partial charge in [0.1, 0.15) is 6.10 Å². The van der Waals surface area contributed by atoms with Crippen LogP contribution in [0.5, 0.6) is 0 Å². The van der Waals surface area contributed by atoms with Crippen molar-refractivity contribution < 1.29 is 14.3 Å². The number of morpholine rings is 1. The first-order valence-corrected chi connectivity index (χ1v) is 9.30. The van der Waals surface area contributed by atoms with Crippen LogP contribution in [0.1, 0.15) is 22.0 Å². The van der Waals surface area contributed by atoms with E-state index in [0.29, 0.717) is 26.3 Å². The Hall–Kier alpha value is -2.63. The molecule has 1 fully saturated rings. The zero-order valence-electron chi connectivity index (χ0n) is 15.5. The molecule has 0 spiro atoms. The summed E-state index contributed by atoms with van der Waals surface area (Å²) in [6.07, 6.45) is 1.88. The Morgan fingerprint density at radius 1 is 1.15 bits per heavy atom. The number of rotatable bonds is 5. The molecule has 140 valence electrons. The van der Waals surface area contributed by atoms with Gasteiger partial charge in [-0.05, 0) is 11.6 Å². The molecular formula is C22H24N2O3. The molecule has 1 saturated heterocycles. The highest BCUT2D eigenvalue weighted by Gasteiger charge is 2.27. The van der Waals surface area contributed by atoms with Gasteiger partial charge in [-0.2, -0.15) is 0 Å². The Morgan fingerprint density at radius 2 is 1.93 bits per heavy atom. The van der Waals surface area contributed by atoms with Gasteiger partial charge in [0.05, 0.1) is 25.3 Å². The summed E-state index contributed by atoms with van der Waals surface area (Å²) in [7, 11) is 1.69. The van der Waals surface area contributed by atoms with Crippen molar-refractivity contribution in [3.63, 3.8) is 0 Å². The Labute approximate surface area is 159 Å². The average Bonchev–Trinajstić information content (AvgIpc) is 3.11. The third-order valence-electron chi connectivity index (χ3n) is 5.08.